The molecule has 0 bridgehead atoms. The van der Waals surface area contributed by atoms with Crippen LogP contribution in [0.15, 0.2) is 0 Å². The highest BCUT2D eigenvalue weighted by Crippen LogP contribution is 2.53. The van der Waals surface area contributed by atoms with Gasteiger partial charge in [-0.15, -0.1) is 0 Å². The van der Waals surface area contributed by atoms with Crippen LogP contribution in [0.4, 0.5) is 0 Å². The van der Waals surface area contributed by atoms with Gasteiger partial charge in [-0.1, -0.05) is 0 Å². The molecule has 2 aromatic rings. The molecule has 16 heteroatoms. The quantitative estimate of drug-likeness (QED) is 0.115. The number of hydrogen-bond acceptors (Lipinski definition) is 14. The molecule has 0 aromatic heterocycles. The molecule has 3 aliphatic heterocycles. The number of nitrogens with zero attached hydrogens (tertiary/aromatic N) is 2. The van der Waals surface area contributed by atoms with Crippen LogP contribution in [0, 0.1) is 0 Å². The molecule has 1 atom stereocenters. The first-order valence-corrected chi connectivity index (χ1v) is 12.5. The van der Waals surface area contributed by atoms with Crippen LogP contribution in [-0.2, 0) is 34.0 Å². The lowest BCUT2D eigenvalue weighted by atomic mass is 10.00. The molecule has 1 unspecified atom stereocenters. The third kappa shape index (κ3) is 4.41. The smallest absolute Gasteiger partial charge is 0.279 e. The molecule has 3 aliphatic rings. The highest BCUT2D eigenvalue weighted by atomic mass is 16.5. The lowest BCUT2D eigenvalue weighted by molar-refractivity contribution is -0.168. The van der Waals surface area contributed by atoms with Crippen LogP contribution in [0.5, 0.6) is 46.0 Å². The zero-order valence-electron chi connectivity index (χ0n) is 21.4. The number of fused-ring (bicyclic) bond motifs is 1. The van der Waals surface area contributed by atoms with Crippen molar-refractivity contribution in [2.24, 2.45) is 0 Å². The second-order valence-corrected chi connectivity index (χ2v) is 9.84. The Morgan fingerprint density at radius 2 is 1.44 bits per heavy atom. The Morgan fingerprint density at radius 1 is 0.829 bits per heavy atom. The minimum absolute atomic E-state index is 0.0244. The Bertz CT molecular complexity index is 1440. The Labute approximate surface area is 230 Å². The van der Waals surface area contributed by atoms with E-state index in [9.17, 15) is 55.2 Å². The predicted octanol–water partition coefficient (Wildman–Crippen LogP) is -0.882. The van der Waals surface area contributed by atoms with Crippen LogP contribution in [-0.4, -0.2) is 100 Å². The van der Waals surface area contributed by atoms with Crippen LogP contribution in [0.2, 0.25) is 0 Å². The minimum Gasteiger partial charge on any atom is -0.504 e. The number of ether oxygens (including phenoxy) is 2. The van der Waals surface area contributed by atoms with E-state index in [0.717, 1.165) is 0 Å². The summed E-state index contributed by atoms with van der Waals surface area (Å²) in [6.07, 6.45) is -0.773. The van der Waals surface area contributed by atoms with Crippen molar-refractivity contribution in [1.29, 1.82) is 0 Å². The zero-order chi connectivity index (χ0) is 29.8. The maximum Gasteiger partial charge on any atom is 0.279 e. The van der Waals surface area contributed by atoms with Crippen LogP contribution in [0.1, 0.15) is 39.9 Å². The van der Waals surface area contributed by atoms with Gasteiger partial charge >= 0.3 is 0 Å². The second kappa shape index (κ2) is 10.1. The van der Waals surface area contributed by atoms with Gasteiger partial charge in [-0.25, -0.2) is 0 Å². The van der Waals surface area contributed by atoms with Crippen LogP contribution in [0.3, 0.4) is 0 Å². The number of aromatic hydroxyl groups is 7. The number of nitrogens with one attached hydrogen (secondary N) is 1. The van der Waals surface area contributed by atoms with Crippen molar-refractivity contribution in [3.05, 3.63) is 22.3 Å². The molecular formula is C25H27N3O13. The Hall–Kier alpha value is -4.67. The predicted molar refractivity (Wildman–Crippen MR) is 132 cm³/mol. The third-order valence-electron chi connectivity index (χ3n) is 7.45. The van der Waals surface area contributed by atoms with E-state index in [-0.39, 0.29) is 24.1 Å². The van der Waals surface area contributed by atoms with E-state index in [1.165, 1.54) is 0 Å². The van der Waals surface area contributed by atoms with Crippen molar-refractivity contribution in [2.45, 2.75) is 38.3 Å². The maximum absolute atomic E-state index is 13.2. The van der Waals surface area contributed by atoms with Gasteiger partial charge in [-0.2, -0.15) is 0 Å². The number of hydrogen-bond donors (Lipinski definition) is 9. The molecular weight excluding hydrogens is 550 g/mol. The molecule has 16 nitrogen and oxygen atoms in total. The van der Waals surface area contributed by atoms with Crippen LogP contribution >= 0.6 is 0 Å². The summed E-state index contributed by atoms with van der Waals surface area (Å²) in [5.74, 6) is -10.1. The number of phenols is 7. The molecule has 41 heavy (non-hydrogen) atoms. The number of piperidine rings is 1. The fourth-order valence-corrected chi connectivity index (χ4v) is 5.10. The van der Waals surface area contributed by atoms with E-state index >= 15 is 0 Å². The Balaban J connectivity index is 1.47. The van der Waals surface area contributed by atoms with Gasteiger partial charge in [0.05, 0.1) is 36.4 Å². The van der Waals surface area contributed by atoms with E-state index in [1.54, 1.807) is 0 Å². The molecule has 9 N–H and O–H groups in total. The summed E-state index contributed by atoms with van der Waals surface area (Å²) >= 11 is 0. The normalized spacial score (nSPS) is 21.2. The van der Waals surface area contributed by atoms with Crippen molar-refractivity contribution in [3.63, 3.8) is 0 Å². The molecule has 0 spiro atoms. The number of carbonyl (C=O) groups is 3. The van der Waals surface area contributed by atoms with Gasteiger partial charge in [0.25, 0.3) is 11.8 Å². The summed E-state index contributed by atoms with van der Waals surface area (Å²) in [7, 11) is 0. The molecule has 0 radical (unpaired) electrons. The average Bonchev–Trinajstić information content (AvgIpc) is 3.30. The number of morpholine rings is 1. The minimum atomic E-state index is -2.51. The highest BCUT2D eigenvalue weighted by molar-refractivity contribution is 6.08. The lowest BCUT2D eigenvalue weighted by Crippen LogP contribution is -2.63. The molecule has 2 saturated heterocycles. The van der Waals surface area contributed by atoms with Crippen molar-refractivity contribution < 1.29 is 64.7 Å². The van der Waals surface area contributed by atoms with E-state index < -0.39 is 100 Å². The van der Waals surface area contributed by atoms with Crippen molar-refractivity contribution in [1.82, 2.24) is 15.1 Å². The Kier molecular flexibility index (Phi) is 6.84. The summed E-state index contributed by atoms with van der Waals surface area (Å²) in [6, 6.07) is 0. The monoisotopic (exact) mass is 577 g/mol. The number of aliphatic hydroxyl groups is 1. The largest absolute Gasteiger partial charge is 0.504 e. The first-order valence-electron chi connectivity index (χ1n) is 12.5. The maximum atomic E-state index is 13.2. The van der Waals surface area contributed by atoms with Crippen molar-refractivity contribution in [2.75, 3.05) is 26.3 Å². The van der Waals surface area contributed by atoms with E-state index in [1.807, 2.05) is 10.2 Å². The number of phenolic OH excluding ortho intramolecular Hbond substituents is 7. The van der Waals surface area contributed by atoms with Gasteiger partial charge in [0.1, 0.15) is 6.61 Å². The zero-order valence-corrected chi connectivity index (χ0v) is 21.4. The number of amides is 3. The van der Waals surface area contributed by atoms with Crippen molar-refractivity contribution in [3.8, 4) is 46.0 Å². The summed E-state index contributed by atoms with van der Waals surface area (Å²) in [5.41, 5.74) is -4.08. The molecule has 2 aromatic carbocycles. The molecule has 2 fully saturated rings. The van der Waals surface area contributed by atoms with E-state index in [0.29, 0.717) is 31.2 Å². The van der Waals surface area contributed by atoms with Gasteiger partial charge in [0.15, 0.2) is 34.5 Å². The van der Waals surface area contributed by atoms with Gasteiger partial charge in [-0.3, -0.25) is 29.5 Å². The highest BCUT2D eigenvalue weighted by Gasteiger charge is 2.53. The fourth-order valence-electron chi connectivity index (χ4n) is 5.10. The SMILES string of the molecule is O=C1CCC(O)(N2Cc3c(OCc4c(O)c(O)c(CN5CCOCC5)c(O)c4O)c(O)c(O)c(O)c3C2=O)C(=O)N1. The number of imide groups is 1. The first-order chi connectivity index (χ1) is 19.4. The van der Waals surface area contributed by atoms with Gasteiger partial charge in [0.2, 0.25) is 23.1 Å². The molecule has 3 heterocycles. The first kappa shape index (κ1) is 27.9. The van der Waals surface area contributed by atoms with Crippen LogP contribution < -0.4 is 10.1 Å². The standard InChI is InChI=1S/C25H27N3O13/c29-13-1-2-25(39,24(38)26-13)28-8-10-14(23(28)37)19(34)20(35)21(36)22(10)41-9-12-17(32)15(30)11(16(31)18(12)33)7-27-3-5-40-6-4-27/h30-36,39H,1-9H2,(H,26,29,38). The summed E-state index contributed by atoms with van der Waals surface area (Å²) in [5, 5.41) is 86.5. The molecule has 3 amide bonds. The van der Waals surface area contributed by atoms with Crippen molar-refractivity contribution >= 4 is 17.7 Å². The molecule has 220 valence electrons. The number of carbonyl (C=O) groups excluding carboxylic acids is 3. The van der Waals surface area contributed by atoms with Crippen LogP contribution in [0.25, 0.3) is 0 Å². The summed E-state index contributed by atoms with van der Waals surface area (Å²) < 4.78 is 10.8. The number of rotatable bonds is 6. The number of benzene rings is 2. The van der Waals surface area contributed by atoms with E-state index in [2.05, 4.69) is 0 Å². The molecule has 0 aliphatic carbocycles. The molecule has 5 rings (SSSR count). The topological polar surface area (TPSA) is 250 Å². The summed E-state index contributed by atoms with van der Waals surface area (Å²) in [6.45, 7) is 0.289. The molecule has 0 saturated carbocycles. The fraction of sp³-hybridized carbons (Fsp3) is 0.400. The Morgan fingerprint density at radius 3 is 2.05 bits per heavy atom. The lowest BCUT2D eigenvalue weighted by Gasteiger charge is -2.37. The van der Waals surface area contributed by atoms with Gasteiger partial charge in [-0.05, 0) is 0 Å². The second-order valence-electron chi connectivity index (χ2n) is 9.84. The summed E-state index contributed by atoms with van der Waals surface area (Å²) in [4.78, 5) is 39.6. The third-order valence-corrected chi connectivity index (χ3v) is 7.45. The van der Waals surface area contributed by atoms with Gasteiger partial charge < -0.3 is 50.3 Å². The van der Waals surface area contributed by atoms with E-state index in [4.69, 9.17) is 9.47 Å². The average molecular weight is 577 g/mol. The van der Waals surface area contributed by atoms with Gasteiger partial charge in [0, 0.05) is 38.0 Å².